The Hall–Kier alpha value is -1.66. The Labute approximate surface area is 149 Å². The van der Waals surface area contributed by atoms with Crippen LogP contribution in [0, 0.1) is 0 Å². The van der Waals surface area contributed by atoms with E-state index in [-0.39, 0.29) is 12.0 Å². The van der Waals surface area contributed by atoms with Crippen molar-refractivity contribution in [2.24, 2.45) is 4.99 Å². The van der Waals surface area contributed by atoms with Gasteiger partial charge >= 0.3 is 6.18 Å². The molecule has 1 aliphatic rings. The summed E-state index contributed by atoms with van der Waals surface area (Å²) in [5, 5.41) is 2.26. The first-order valence-electron chi connectivity index (χ1n) is 7.28. The molecule has 0 bridgehead atoms. The first-order valence-corrected chi connectivity index (χ1v) is 8.95. The topological polar surface area (TPSA) is 12.4 Å². The molecule has 4 rings (SSSR count). The first kappa shape index (κ1) is 15.8. The molecule has 0 fully saturated rings. The predicted molar refractivity (Wildman–Crippen MR) is 95.6 cm³/mol. The zero-order valence-corrected chi connectivity index (χ0v) is 14.7. The summed E-state index contributed by atoms with van der Waals surface area (Å²) in [7, 11) is 0. The molecule has 1 nitrogen and oxygen atoms in total. The minimum atomic E-state index is -4.43. The molecule has 2 aromatic carbocycles. The number of hydrogen-bond donors (Lipinski definition) is 0. The zero-order valence-electron chi connectivity index (χ0n) is 12.3. The van der Waals surface area contributed by atoms with E-state index >= 15 is 0 Å². The molecule has 0 saturated heterocycles. The number of alkyl halides is 3. The van der Waals surface area contributed by atoms with Crippen LogP contribution < -0.4 is 0 Å². The summed E-state index contributed by atoms with van der Waals surface area (Å²) in [6.07, 6.45) is -3.49. The van der Waals surface area contributed by atoms with Gasteiger partial charge in [0.15, 0.2) is 0 Å². The average Bonchev–Trinajstić information content (AvgIpc) is 2.97. The van der Waals surface area contributed by atoms with Crippen LogP contribution in [0.1, 0.15) is 11.1 Å². The van der Waals surface area contributed by atoms with E-state index in [0.29, 0.717) is 16.6 Å². The molecule has 24 heavy (non-hydrogen) atoms. The number of hydrogen-bond acceptors (Lipinski definition) is 2. The van der Waals surface area contributed by atoms with Crippen molar-refractivity contribution in [2.75, 3.05) is 0 Å². The maximum absolute atomic E-state index is 14.2. The fourth-order valence-corrected chi connectivity index (χ4v) is 4.61. The molecule has 0 amide bonds. The van der Waals surface area contributed by atoms with Crippen LogP contribution in [0.5, 0.6) is 0 Å². The van der Waals surface area contributed by atoms with E-state index in [9.17, 15) is 13.2 Å². The van der Waals surface area contributed by atoms with Crippen LogP contribution in [0.2, 0.25) is 0 Å². The van der Waals surface area contributed by atoms with Gasteiger partial charge in [-0.05, 0) is 52.6 Å². The van der Waals surface area contributed by atoms with Gasteiger partial charge in [-0.1, -0.05) is 34.1 Å². The SMILES string of the molecule is FC(F)(F)[C@]1(c2csc3ccccc23)C=Nc2ccc(Br)cc2C1. The molecule has 2 heterocycles. The highest BCUT2D eigenvalue weighted by Crippen LogP contribution is 2.49. The normalized spacial score (nSPS) is 20.3. The van der Waals surface area contributed by atoms with Crippen molar-refractivity contribution in [3.63, 3.8) is 0 Å². The van der Waals surface area contributed by atoms with E-state index in [1.54, 1.807) is 35.7 Å². The van der Waals surface area contributed by atoms with Crippen LogP contribution in [-0.2, 0) is 11.8 Å². The molecular weight excluding hydrogens is 399 g/mol. The third kappa shape index (κ3) is 2.31. The number of thiophene rings is 1. The maximum atomic E-state index is 14.2. The second-order valence-corrected chi connectivity index (χ2v) is 7.65. The fraction of sp³-hybridized carbons (Fsp3) is 0.167. The number of nitrogens with zero attached hydrogens (tertiary/aromatic N) is 1. The van der Waals surface area contributed by atoms with Crippen molar-refractivity contribution < 1.29 is 13.2 Å². The minimum absolute atomic E-state index is 0.143. The monoisotopic (exact) mass is 409 g/mol. The molecule has 0 spiro atoms. The smallest absolute Gasteiger partial charge is 0.260 e. The number of benzene rings is 2. The molecule has 0 unspecified atom stereocenters. The zero-order chi connectivity index (χ0) is 16.9. The minimum Gasteiger partial charge on any atom is -0.260 e. The van der Waals surface area contributed by atoms with Gasteiger partial charge in [-0.15, -0.1) is 11.3 Å². The van der Waals surface area contributed by atoms with Crippen molar-refractivity contribution in [1.29, 1.82) is 0 Å². The van der Waals surface area contributed by atoms with E-state index in [1.807, 2.05) is 12.1 Å². The lowest BCUT2D eigenvalue weighted by Crippen LogP contribution is -2.46. The van der Waals surface area contributed by atoms with Gasteiger partial charge in [0.05, 0.1) is 5.69 Å². The van der Waals surface area contributed by atoms with Gasteiger partial charge in [0.1, 0.15) is 5.41 Å². The summed E-state index contributed by atoms with van der Waals surface area (Å²) >= 11 is 4.67. The highest BCUT2D eigenvalue weighted by Gasteiger charge is 2.57. The van der Waals surface area contributed by atoms with Crippen molar-refractivity contribution >= 4 is 49.3 Å². The van der Waals surface area contributed by atoms with Crippen molar-refractivity contribution in [2.45, 2.75) is 18.0 Å². The molecule has 122 valence electrons. The fourth-order valence-electron chi connectivity index (χ4n) is 3.16. The predicted octanol–water partition coefficient (Wildman–Crippen LogP) is 6.42. The summed E-state index contributed by atoms with van der Waals surface area (Å²) < 4.78 is 44.2. The van der Waals surface area contributed by atoms with Crippen LogP contribution in [-0.4, -0.2) is 12.4 Å². The van der Waals surface area contributed by atoms with Crippen LogP contribution in [0.25, 0.3) is 10.1 Å². The number of rotatable bonds is 1. The quantitative estimate of drug-likeness (QED) is 0.439. The average molecular weight is 410 g/mol. The molecule has 3 aromatic rings. The van der Waals surface area contributed by atoms with Gasteiger partial charge in [-0.2, -0.15) is 13.2 Å². The molecule has 6 heteroatoms. The Bertz CT molecular complexity index is 960. The van der Waals surface area contributed by atoms with E-state index in [2.05, 4.69) is 20.9 Å². The summed E-state index contributed by atoms with van der Waals surface area (Å²) in [5.74, 6) is 0. The van der Waals surface area contributed by atoms with Gasteiger partial charge in [0.25, 0.3) is 0 Å². The van der Waals surface area contributed by atoms with E-state index in [0.717, 1.165) is 15.4 Å². The Kier molecular flexibility index (Phi) is 3.58. The second-order valence-electron chi connectivity index (χ2n) is 5.82. The Balaban J connectivity index is 1.96. The lowest BCUT2D eigenvalue weighted by atomic mass is 9.74. The molecule has 1 atom stereocenters. The lowest BCUT2D eigenvalue weighted by Gasteiger charge is -2.35. The van der Waals surface area contributed by atoms with E-state index in [4.69, 9.17) is 0 Å². The van der Waals surface area contributed by atoms with E-state index in [1.165, 1.54) is 11.3 Å². The lowest BCUT2D eigenvalue weighted by molar-refractivity contribution is -0.167. The van der Waals surface area contributed by atoms with Gasteiger partial charge in [-0.25, -0.2) is 0 Å². The van der Waals surface area contributed by atoms with Crippen molar-refractivity contribution in [3.8, 4) is 0 Å². The summed E-state index contributed by atoms with van der Waals surface area (Å²) in [6.45, 7) is 0. The molecule has 1 aliphatic heterocycles. The first-order chi connectivity index (χ1) is 11.4. The molecule has 0 N–H and O–H groups in total. The van der Waals surface area contributed by atoms with Crippen LogP contribution >= 0.6 is 27.3 Å². The Morgan fingerprint density at radius 2 is 1.92 bits per heavy atom. The number of aliphatic imine (C=N–C) groups is 1. The third-order valence-electron chi connectivity index (χ3n) is 4.40. The standard InChI is InChI=1S/C18H11BrF3NS/c19-12-5-6-15-11(7-12)8-17(10-23-15,18(20,21)22)14-9-24-16-4-2-1-3-13(14)16/h1-7,9-10H,8H2/t17-/m0/s1. The Morgan fingerprint density at radius 3 is 2.71 bits per heavy atom. The summed E-state index contributed by atoms with van der Waals surface area (Å²) in [6, 6.07) is 12.5. The van der Waals surface area contributed by atoms with Gasteiger partial charge in [-0.3, -0.25) is 4.99 Å². The summed E-state index contributed by atoms with van der Waals surface area (Å²) in [5.41, 5.74) is -0.623. The third-order valence-corrected chi connectivity index (χ3v) is 5.86. The molecule has 0 radical (unpaired) electrons. The van der Waals surface area contributed by atoms with Crippen molar-refractivity contribution in [3.05, 3.63) is 63.4 Å². The van der Waals surface area contributed by atoms with E-state index < -0.39 is 11.6 Å². The van der Waals surface area contributed by atoms with Crippen LogP contribution in [0.15, 0.2) is 57.3 Å². The van der Waals surface area contributed by atoms with Crippen molar-refractivity contribution in [1.82, 2.24) is 0 Å². The van der Waals surface area contributed by atoms with Gasteiger partial charge < -0.3 is 0 Å². The van der Waals surface area contributed by atoms with Gasteiger partial charge in [0, 0.05) is 15.4 Å². The van der Waals surface area contributed by atoms with Crippen LogP contribution in [0.4, 0.5) is 18.9 Å². The van der Waals surface area contributed by atoms with Crippen LogP contribution in [0.3, 0.4) is 0 Å². The number of fused-ring (bicyclic) bond motifs is 2. The Morgan fingerprint density at radius 1 is 1.12 bits per heavy atom. The molecule has 0 saturated carbocycles. The second kappa shape index (κ2) is 5.43. The maximum Gasteiger partial charge on any atom is 0.403 e. The molecule has 0 aliphatic carbocycles. The number of halogens is 4. The molecule has 1 aromatic heterocycles. The largest absolute Gasteiger partial charge is 0.403 e. The summed E-state index contributed by atoms with van der Waals surface area (Å²) in [4.78, 5) is 4.16. The highest BCUT2D eigenvalue weighted by atomic mass is 79.9. The van der Waals surface area contributed by atoms with Gasteiger partial charge in [0.2, 0.25) is 0 Å². The molecular formula is C18H11BrF3NS. The highest BCUT2D eigenvalue weighted by molar-refractivity contribution is 9.10.